The van der Waals surface area contributed by atoms with Crippen molar-refractivity contribution in [2.45, 2.75) is 26.2 Å². The van der Waals surface area contributed by atoms with Crippen LogP contribution in [0.2, 0.25) is 5.02 Å². The van der Waals surface area contributed by atoms with Crippen molar-refractivity contribution >= 4 is 23.4 Å². The van der Waals surface area contributed by atoms with E-state index >= 15 is 0 Å². The summed E-state index contributed by atoms with van der Waals surface area (Å²) in [6, 6.07) is 4.86. The number of benzene rings is 1. The summed E-state index contributed by atoms with van der Waals surface area (Å²) in [5, 5.41) is 19.0. The smallest absolute Gasteiger partial charge is 0.306 e. The predicted octanol–water partition coefficient (Wildman–Crippen LogP) is 3.71. The molecule has 0 radical (unpaired) electrons. The molecule has 2 rings (SSSR count). The number of hydrogen-bond donors (Lipinski definition) is 1. The van der Waals surface area contributed by atoms with Crippen LogP contribution in [0, 0.1) is 23.0 Å². The summed E-state index contributed by atoms with van der Waals surface area (Å²) in [5.74, 6) is -3.83. The molecule has 6 nitrogen and oxygen atoms in total. The van der Waals surface area contributed by atoms with Crippen LogP contribution in [-0.4, -0.2) is 28.4 Å². The maximum absolute atomic E-state index is 14.1. The highest BCUT2D eigenvalue weighted by Crippen LogP contribution is 2.27. The Bertz CT molecular complexity index is 973. The van der Waals surface area contributed by atoms with E-state index in [9.17, 15) is 23.5 Å². The first kappa shape index (κ1) is 21.3. The number of pyridine rings is 1. The number of carbonyl (C=O) groups is 2. The van der Waals surface area contributed by atoms with Gasteiger partial charge >= 0.3 is 5.97 Å². The Hall–Kier alpha value is -3.05. The molecule has 1 N–H and O–H groups in total. The molecule has 0 aliphatic heterocycles. The molecule has 146 valence electrons. The fraction of sp³-hybridized carbons (Fsp3) is 0.263. The number of rotatable bonds is 7. The molecule has 0 aliphatic carbocycles. The molecular weight excluding hydrogens is 394 g/mol. The monoisotopic (exact) mass is 408 g/mol. The Morgan fingerprint density at radius 1 is 1.32 bits per heavy atom. The highest BCUT2D eigenvalue weighted by molar-refractivity contribution is 6.30. The quantitative estimate of drug-likeness (QED) is 0.426. The van der Waals surface area contributed by atoms with Crippen LogP contribution in [0.1, 0.15) is 47.1 Å². The molecule has 0 saturated heterocycles. The first-order chi connectivity index (χ1) is 13.3. The minimum Gasteiger partial charge on any atom is -0.504 e. The molecule has 0 unspecified atom stereocenters. The van der Waals surface area contributed by atoms with Crippen molar-refractivity contribution < 1.29 is 28.2 Å². The van der Waals surface area contributed by atoms with E-state index in [0.717, 1.165) is 18.2 Å². The minimum absolute atomic E-state index is 0.0195. The van der Waals surface area contributed by atoms with Gasteiger partial charge in [0.2, 0.25) is 0 Å². The average Bonchev–Trinajstić information content (AvgIpc) is 2.67. The van der Waals surface area contributed by atoms with Gasteiger partial charge in [0.1, 0.15) is 23.4 Å². The second kappa shape index (κ2) is 9.24. The summed E-state index contributed by atoms with van der Waals surface area (Å²) in [6.45, 7) is 1.77. The fourth-order valence-corrected chi connectivity index (χ4v) is 2.62. The summed E-state index contributed by atoms with van der Waals surface area (Å²) < 4.78 is 32.8. The number of halogens is 3. The van der Waals surface area contributed by atoms with E-state index in [4.69, 9.17) is 21.6 Å². The summed E-state index contributed by atoms with van der Waals surface area (Å²) in [6.07, 6.45) is -0.948. The van der Waals surface area contributed by atoms with Crippen molar-refractivity contribution in [3.63, 3.8) is 0 Å². The molecule has 2 aromatic rings. The average molecular weight is 409 g/mol. The topological polar surface area (TPSA) is 100 Å². The predicted molar refractivity (Wildman–Crippen MR) is 95.0 cm³/mol. The number of carbonyl (C=O) groups excluding carboxylic acids is 2. The van der Waals surface area contributed by atoms with Crippen LogP contribution in [0.5, 0.6) is 5.75 Å². The molecule has 0 saturated carbocycles. The maximum atomic E-state index is 14.1. The van der Waals surface area contributed by atoms with Crippen LogP contribution in [0.25, 0.3) is 0 Å². The SMILES string of the molecule is CCOC(=O)CCC(=O)c1nc(Cc2c(F)ccc(Cl)c2F)cc(C#N)c1O. The van der Waals surface area contributed by atoms with Crippen LogP contribution in [-0.2, 0) is 16.0 Å². The van der Waals surface area contributed by atoms with Gasteiger partial charge in [-0.05, 0) is 25.1 Å². The normalized spacial score (nSPS) is 10.4. The first-order valence-electron chi connectivity index (χ1n) is 8.22. The van der Waals surface area contributed by atoms with E-state index < -0.39 is 41.3 Å². The number of hydrogen-bond acceptors (Lipinski definition) is 6. The Balaban J connectivity index is 2.37. The van der Waals surface area contributed by atoms with Crippen LogP contribution in [0.15, 0.2) is 18.2 Å². The summed E-state index contributed by atoms with van der Waals surface area (Å²) in [5.41, 5.74) is -1.15. The van der Waals surface area contributed by atoms with Gasteiger partial charge in [0.15, 0.2) is 11.5 Å². The number of aromatic nitrogens is 1. The van der Waals surface area contributed by atoms with Crippen molar-refractivity contribution in [1.82, 2.24) is 4.98 Å². The van der Waals surface area contributed by atoms with Gasteiger partial charge in [0, 0.05) is 24.1 Å². The number of esters is 1. The van der Waals surface area contributed by atoms with Crippen molar-refractivity contribution in [2.75, 3.05) is 6.61 Å². The largest absolute Gasteiger partial charge is 0.504 e. The highest BCUT2D eigenvalue weighted by Gasteiger charge is 2.21. The molecule has 1 aromatic heterocycles. The molecule has 9 heteroatoms. The number of Topliss-reactive ketones (excluding diaryl/α,β-unsaturated/α-hetero) is 1. The zero-order valence-corrected chi connectivity index (χ0v) is 15.5. The summed E-state index contributed by atoms with van der Waals surface area (Å²) in [7, 11) is 0. The van der Waals surface area contributed by atoms with Crippen LogP contribution >= 0.6 is 11.6 Å². The van der Waals surface area contributed by atoms with Crippen molar-refractivity contribution in [1.29, 1.82) is 5.26 Å². The van der Waals surface area contributed by atoms with Gasteiger partial charge in [-0.25, -0.2) is 13.8 Å². The van der Waals surface area contributed by atoms with E-state index in [-0.39, 0.29) is 41.3 Å². The molecule has 0 spiro atoms. The molecule has 28 heavy (non-hydrogen) atoms. The van der Waals surface area contributed by atoms with Gasteiger partial charge in [-0.1, -0.05) is 11.6 Å². The Morgan fingerprint density at radius 3 is 2.68 bits per heavy atom. The second-order valence-corrected chi connectivity index (χ2v) is 6.10. The zero-order valence-electron chi connectivity index (χ0n) is 14.8. The van der Waals surface area contributed by atoms with Gasteiger partial charge in [-0.15, -0.1) is 0 Å². The zero-order chi connectivity index (χ0) is 20.8. The lowest BCUT2D eigenvalue weighted by Gasteiger charge is -2.10. The first-order valence-corrected chi connectivity index (χ1v) is 8.60. The molecule has 0 aliphatic rings. The van der Waals surface area contributed by atoms with Gasteiger partial charge in [-0.2, -0.15) is 5.26 Å². The van der Waals surface area contributed by atoms with Gasteiger partial charge in [-0.3, -0.25) is 9.59 Å². The lowest BCUT2D eigenvalue weighted by Crippen LogP contribution is -2.11. The number of ether oxygens (including phenoxy) is 1. The molecule has 0 amide bonds. The second-order valence-electron chi connectivity index (χ2n) is 5.70. The third-order valence-corrected chi connectivity index (χ3v) is 4.08. The Morgan fingerprint density at radius 2 is 2.04 bits per heavy atom. The van der Waals surface area contributed by atoms with Crippen molar-refractivity contribution in [3.05, 3.63) is 57.4 Å². The Labute approximate surface area is 164 Å². The van der Waals surface area contributed by atoms with Gasteiger partial charge in [0.05, 0.1) is 23.6 Å². The van der Waals surface area contributed by atoms with Crippen LogP contribution < -0.4 is 0 Å². The molecule has 0 bridgehead atoms. The third kappa shape index (κ3) is 4.81. The number of nitriles is 1. The third-order valence-electron chi connectivity index (χ3n) is 3.79. The number of ketones is 1. The lowest BCUT2D eigenvalue weighted by molar-refractivity contribution is -0.143. The summed E-state index contributed by atoms with van der Waals surface area (Å²) >= 11 is 5.66. The number of nitrogens with zero attached hydrogens (tertiary/aromatic N) is 2. The molecular formula is C19H15ClF2N2O4. The maximum Gasteiger partial charge on any atom is 0.306 e. The van der Waals surface area contributed by atoms with Gasteiger partial charge in [0.25, 0.3) is 0 Å². The fourth-order valence-electron chi connectivity index (χ4n) is 2.44. The lowest BCUT2D eigenvalue weighted by atomic mass is 10.0. The Kier molecular flexibility index (Phi) is 7.01. The van der Waals surface area contributed by atoms with Crippen LogP contribution in [0.4, 0.5) is 8.78 Å². The van der Waals surface area contributed by atoms with E-state index in [1.54, 1.807) is 13.0 Å². The molecule has 0 atom stereocenters. The molecule has 0 fully saturated rings. The van der Waals surface area contributed by atoms with E-state index in [1.807, 2.05) is 0 Å². The van der Waals surface area contributed by atoms with Gasteiger partial charge < -0.3 is 9.84 Å². The standard InChI is InChI=1S/C19H15ClF2N2O4/c1-2-28-16(26)6-5-15(25)18-19(27)10(9-23)7-11(24-18)8-12-14(21)4-3-13(20)17(12)22/h3-4,7,27H,2,5-6,8H2,1H3. The van der Waals surface area contributed by atoms with Crippen LogP contribution in [0.3, 0.4) is 0 Å². The van der Waals surface area contributed by atoms with E-state index in [1.165, 1.54) is 0 Å². The molecule has 1 heterocycles. The van der Waals surface area contributed by atoms with Crippen molar-refractivity contribution in [2.24, 2.45) is 0 Å². The minimum atomic E-state index is -0.981. The van der Waals surface area contributed by atoms with E-state index in [0.29, 0.717) is 0 Å². The highest BCUT2D eigenvalue weighted by atomic mass is 35.5. The summed E-state index contributed by atoms with van der Waals surface area (Å²) in [4.78, 5) is 27.7. The van der Waals surface area contributed by atoms with Crippen molar-refractivity contribution in [3.8, 4) is 11.8 Å². The molecule has 1 aromatic carbocycles. The van der Waals surface area contributed by atoms with E-state index in [2.05, 4.69) is 4.98 Å². The number of aromatic hydroxyl groups is 1.